The van der Waals surface area contributed by atoms with Gasteiger partial charge < -0.3 is 5.11 Å². The second-order valence-electron chi connectivity index (χ2n) is 2.73. The lowest BCUT2D eigenvalue weighted by atomic mass is 10.3. The Morgan fingerprint density at radius 3 is 2.07 bits per heavy atom. The molecule has 1 N–H and O–H groups in total. The lowest BCUT2D eigenvalue weighted by Gasteiger charge is -2.25. The first-order valence-corrected chi connectivity index (χ1v) is 4.08. The molecule has 0 amide bonds. The molecule has 0 saturated carbocycles. The van der Waals surface area contributed by atoms with Crippen molar-refractivity contribution in [3.05, 3.63) is 24.3 Å². The van der Waals surface area contributed by atoms with Gasteiger partial charge in [-0.15, -0.1) is 0 Å². The van der Waals surface area contributed by atoms with Gasteiger partial charge in [-0.05, 0) is 31.2 Å². The minimum atomic E-state index is -4.38. The summed E-state index contributed by atoms with van der Waals surface area (Å²) in [5, 5.41) is 8.91. The van der Waals surface area contributed by atoms with E-state index in [1.165, 1.54) is 31.2 Å². The Kier molecular flexibility index (Phi) is 2.88. The topological polar surface area (TPSA) is 23.5 Å². The second kappa shape index (κ2) is 3.77. The summed E-state index contributed by atoms with van der Waals surface area (Å²) in [7, 11) is 0. The van der Waals surface area contributed by atoms with Gasteiger partial charge >= 0.3 is 6.30 Å². The van der Waals surface area contributed by atoms with Crippen LogP contribution in [0.2, 0.25) is 0 Å². The van der Waals surface area contributed by atoms with Crippen molar-refractivity contribution in [3.63, 3.8) is 0 Å². The van der Waals surface area contributed by atoms with Crippen molar-refractivity contribution in [2.75, 3.05) is 11.4 Å². The van der Waals surface area contributed by atoms with E-state index in [0.29, 0.717) is 4.90 Å². The fraction of sp³-hybridized carbons (Fsp3) is 0.333. The highest BCUT2D eigenvalue weighted by Crippen LogP contribution is 2.28. The number of aromatic hydroxyl groups is 1. The fourth-order valence-corrected chi connectivity index (χ4v) is 1.14. The molecule has 5 heteroatoms. The highest BCUT2D eigenvalue weighted by Gasteiger charge is 2.36. The molecule has 2 nitrogen and oxygen atoms in total. The van der Waals surface area contributed by atoms with Crippen LogP contribution in [0, 0.1) is 0 Å². The molecule has 0 bridgehead atoms. The Bertz CT molecular complexity index is 294. The first-order chi connectivity index (χ1) is 6.45. The summed E-state index contributed by atoms with van der Waals surface area (Å²) in [6.45, 7) is 1.26. The molecule has 0 heterocycles. The molecule has 0 aliphatic carbocycles. The van der Waals surface area contributed by atoms with Gasteiger partial charge in [0, 0.05) is 12.2 Å². The summed E-state index contributed by atoms with van der Waals surface area (Å²) in [6, 6.07) is 4.91. The van der Waals surface area contributed by atoms with Gasteiger partial charge in [-0.2, -0.15) is 13.2 Å². The maximum atomic E-state index is 12.4. The Morgan fingerprint density at radius 2 is 1.71 bits per heavy atom. The van der Waals surface area contributed by atoms with Crippen molar-refractivity contribution in [1.29, 1.82) is 0 Å². The SMILES string of the molecule is CCN(c1ccc(O)cc1)C(F)(F)F. The van der Waals surface area contributed by atoms with Crippen LogP contribution in [0.25, 0.3) is 0 Å². The molecule has 1 aromatic carbocycles. The molecule has 0 fully saturated rings. The van der Waals surface area contributed by atoms with Crippen molar-refractivity contribution in [2.24, 2.45) is 0 Å². The van der Waals surface area contributed by atoms with Crippen LogP contribution in [0.15, 0.2) is 24.3 Å². The second-order valence-corrected chi connectivity index (χ2v) is 2.73. The molecule has 1 rings (SSSR count). The van der Waals surface area contributed by atoms with E-state index in [1.807, 2.05) is 0 Å². The zero-order chi connectivity index (χ0) is 10.8. The van der Waals surface area contributed by atoms with Gasteiger partial charge in [-0.1, -0.05) is 0 Å². The first kappa shape index (κ1) is 10.7. The number of phenols is 1. The minimum absolute atomic E-state index is 0.0257. The van der Waals surface area contributed by atoms with Gasteiger partial charge in [0.2, 0.25) is 0 Å². The molecule has 0 aliphatic rings. The van der Waals surface area contributed by atoms with Gasteiger partial charge in [0.25, 0.3) is 0 Å². The number of phenolic OH excluding ortho intramolecular Hbond substituents is 1. The number of rotatable bonds is 2. The molecule has 0 saturated heterocycles. The number of benzene rings is 1. The van der Waals surface area contributed by atoms with E-state index in [1.54, 1.807) is 0 Å². The third-order valence-electron chi connectivity index (χ3n) is 1.78. The normalized spacial score (nSPS) is 11.4. The molecule has 0 atom stereocenters. The average Bonchev–Trinajstić information content (AvgIpc) is 2.07. The number of halogens is 3. The molecular formula is C9H10F3NO. The van der Waals surface area contributed by atoms with Crippen LogP contribution >= 0.6 is 0 Å². The maximum Gasteiger partial charge on any atom is 0.484 e. The van der Waals surface area contributed by atoms with Crippen molar-refractivity contribution >= 4 is 5.69 Å². The molecule has 78 valence electrons. The monoisotopic (exact) mass is 205 g/mol. The van der Waals surface area contributed by atoms with E-state index >= 15 is 0 Å². The van der Waals surface area contributed by atoms with Gasteiger partial charge in [0.1, 0.15) is 5.75 Å². The molecule has 0 radical (unpaired) electrons. The summed E-state index contributed by atoms with van der Waals surface area (Å²) in [5.41, 5.74) is 0.0257. The largest absolute Gasteiger partial charge is 0.508 e. The van der Waals surface area contributed by atoms with E-state index in [0.717, 1.165) is 0 Å². The van der Waals surface area contributed by atoms with Crippen LogP contribution in [0.5, 0.6) is 5.75 Å². The van der Waals surface area contributed by atoms with Gasteiger partial charge in [0.05, 0.1) is 0 Å². The fourth-order valence-electron chi connectivity index (χ4n) is 1.14. The number of hydrogen-bond donors (Lipinski definition) is 1. The van der Waals surface area contributed by atoms with Crippen LogP contribution in [0.4, 0.5) is 18.9 Å². The predicted molar refractivity (Wildman–Crippen MR) is 47.2 cm³/mol. The number of nitrogens with zero attached hydrogens (tertiary/aromatic N) is 1. The van der Waals surface area contributed by atoms with Crippen LogP contribution in [-0.4, -0.2) is 18.0 Å². The standard InChI is InChI=1S/C9H10F3NO/c1-2-13(9(10,11)12)7-3-5-8(14)6-4-7/h3-6,14H,2H2,1H3. The summed E-state index contributed by atoms with van der Waals surface area (Å²) in [6.07, 6.45) is -4.38. The zero-order valence-electron chi connectivity index (χ0n) is 7.54. The van der Waals surface area contributed by atoms with Gasteiger partial charge in [-0.25, -0.2) is 0 Å². The summed E-state index contributed by atoms with van der Waals surface area (Å²) in [5.74, 6) is -0.0491. The maximum absolute atomic E-state index is 12.4. The Labute approximate surface area is 79.6 Å². The third kappa shape index (κ3) is 2.31. The highest BCUT2D eigenvalue weighted by molar-refractivity contribution is 5.49. The van der Waals surface area contributed by atoms with Crippen molar-refractivity contribution < 1.29 is 18.3 Å². The lowest BCUT2D eigenvalue weighted by molar-refractivity contribution is -0.128. The minimum Gasteiger partial charge on any atom is -0.508 e. The van der Waals surface area contributed by atoms with Crippen LogP contribution in [0.3, 0.4) is 0 Å². The van der Waals surface area contributed by atoms with E-state index < -0.39 is 6.30 Å². The van der Waals surface area contributed by atoms with Gasteiger partial charge in [-0.3, -0.25) is 4.90 Å². The first-order valence-electron chi connectivity index (χ1n) is 4.08. The number of alkyl halides is 3. The molecule has 1 aromatic rings. The summed E-state index contributed by atoms with van der Waals surface area (Å²) < 4.78 is 37.1. The van der Waals surface area contributed by atoms with Crippen molar-refractivity contribution in [3.8, 4) is 5.75 Å². The molecule has 0 aromatic heterocycles. The number of hydrogen-bond acceptors (Lipinski definition) is 2. The molecule has 0 aliphatic heterocycles. The van der Waals surface area contributed by atoms with Crippen LogP contribution in [0.1, 0.15) is 6.92 Å². The van der Waals surface area contributed by atoms with Crippen molar-refractivity contribution in [2.45, 2.75) is 13.2 Å². The molecule has 0 spiro atoms. The zero-order valence-corrected chi connectivity index (χ0v) is 7.54. The summed E-state index contributed by atoms with van der Waals surface area (Å²) >= 11 is 0. The van der Waals surface area contributed by atoms with Gasteiger partial charge in [0.15, 0.2) is 0 Å². The smallest absolute Gasteiger partial charge is 0.484 e. The van der Waals surface area contributed by atoms with Crippen LogP contribution < -0.4 is 4.90 Å². The highest BCUT2D eigenvalue weighted by atomic mass is 19.4. The molecular weight excluding hydrogens is 195 g/mol. The Hall–Kier alpha value is -1.39. The Morgan fingerprint density at radius 1 is 1.21 bits per heavy atom. The predicted octanol–water partition coefficient (Wildman–Crippen LogP) is 2.74. The van der Waals surface area contributed by atoms with E-state index in [4.69, 9.17) is 5.11 Å². The van der Waals surface area contributed by atoms with E-state index in [2.05, 4.69) is 0 Å². The molecule has 14 heavy (non-hydrogen) atoms. The lowest BCUT2D eigenvalue weighted by Crippen LogP contribution is -2.37. The quantitative estimate of drug-likeness (QED) is 0.750. The third-order valence-corrected chi connectivity index (χ3v) is 1.78. The van der Waals surface area contributed by atoms with Crippen LogP contribution in [-0.2, 0) is 0 Å². The van der Waals surface area contributed by atoms with Crippen molar-refractivity contribution in [1.82, 2.24) is 0 Å². The average molecular weight is 205 g/mol. The van der Waals surface area contributed by atoms with E-state index in [9.17, 15) is 13.2 Å². The molecule has 0 unspecified atom stereocenters. The number of anilines is 1. The summed E-state index contributed by atoms with van der Waals surface area (Å²) in [4.78, 5) is 0.298. The Balaban J connectivity index is 2.96. The van der Waals surface area contributed by atoms with E-state index in [-0.39, 0.29) is 18.0 Å².